The van der Waals surface area contributed by atoms with Crippen LogP contribution in [-0.4, -0.2) is 49.4 Å². The van der Waals surface area contributed by atoms with Crippen LogP contribution >= 0.6 is 0 Å². The lowest BCUT2D eigenvalue weighted by atomic mass is 10.1. The molecule has 35 heavy (non-hydrogen) atoms. The van der Waals surface area contributed by atoms with Crippen molar-refractivity contribution in [2.75, 3.05) is 25.7 Å². The lowest BCUT2D eigenvalue weighted by Crippen LogP contribution is -2.46. The molecular weight excluding hydrogens is 451 g/mol. The third-order valence-electron chi connectivity index (χ3n) is 5.95. The second-order valence-corrected chi connectivity index (χ2v) is 8.07. The zero-order chi connectivity index (χ0) is 24.9. The molecule has 1 heterocycles. The van der Waals surface area contributed by atoms with Crippen LogP contribution in [0.15, 0.2) is 72.8 Å². The topological polar surface area (TPSA) is 76.2 Å². The molecular formula is C27H25FN2O5. The molecule has 1 aliphatic rings. The molecule has 0 spiro atoms. The van der Waals surface area contributed by atoms with E-state index in [1.165, 1.54) is 36.3 Å². The Morgan fingerprint density at radius 3 is 2.31 bits per heavy atom. The molecule has 8 heteroatoms. The molecule has 0 N–H and O–H groups in total. The SMILES string of the molecule is COc1ccc(CCN(C(=O)c2ccc(F)cc2)C2CC(=O)N(c3ccccc3)C2=O)cc1OC. The van der Waals surface area contributed by atoms with E-state index >= 15 is 0 Å². The maximum absolute atomic E-state index is 13.5. The molecule has 1 fully saturated rings. The van der Waals surface area contributed by atoms with E-state index in [4.69, 9.17) is 9.47 Å². The standard InChI is InChI=1S/C27H25FN2O5/c1-34-23-13-8-18(16-24(23)35-2)14-15-29(26(32)19-9-11-20(28)12-10-19)22-17-25(31)30(27(22)33)21-6-4-3-5-7-21/h3-13,16,22H,14-15,17H2,1-2H3. The molecule has 0 radical (unpaired) electrons. The lowest BCUT2D eigenvalue weighted by Gasteiger charge is -2.28. The number of hydrogen-bond acceptors (Lipinski definition) is 5. The minimum absolute atomic E-state index is 0.132. The van der Waals surface area contributed by atoms with Crippen LogP contribution in [0, 0.1) is 5.82 Å². The highest BCUT2D eigenvalue weighted by Gasteiger charge is 2.44. The summed E-state index contributed by atoms with van der Waals surface area (Å²) in [5.41, 5.74) is 1.55. The number of imide groups is 1. The molecule has 1 unspecified atom stereocenters. The number of benzene rings is 3. The van der Waals surface area contributed by atoms with Crippen LogP contribution in [0.25, 0.3) is 0 Å². The number of halogens is 1. The highest BCUT2D eigenvalue weighted by Crippen LogP contribution is 2.29. The third kappa shape index (κ3) is 5.01. The fourth-order valence-electron chi connectivity index (χ4n) is 4.15. The minimum atomic E-state index is -0.972. The quantitative estimate of drug-likeness (QED) is 0.462. The van der Waals surface area contributed by atoms with E-state index in [9.17, 15) is 18.8 Å². The van der Waals surface area contributed by atoms with Crippen molar-refractivity contribution in [3.8, 4) is 11.5 Å². The van der Waals surface area contributed by atoms with Crippen molar-refractivity contribution in [3.63, 3.8) is 0 Å². The van der Waals surface area contributed by atoms with Crippen LogP contribution in [0.2, 0.25) is 0 Å². The first-order valence-electron chi connectivity index (χ1n) is 11.1. The molecule has 3 aromatic rings. The average molecular weight is 477 g/mol. The number of para-hydroxylation sites is 1. The first-order valence-corrected chi connectivity index (χ1v) is 11.1. The van der Waals surface area contributed by atoms with E-state index in [0.717, 1.165) is 10.5 Å². The molecule has 1 atom stereocenters. The number of ether oxygens (including phenoxy) is 2. The van der Waals surface area contributed by atoms with Crippen molar-refractivity contribution in [1.29, 1.82) is 0 Å². The molecule has 0 saturated carbocycles. The normalized spacial score (nSPS) is 15.3. The number of carbonyl (C=O) groups excluding carboxylic acids is 3. The molecule has 3 aromatic carbocycles. The zero-order valence-electron chi connectivity index (χ0n) is 19.4. The Bertz CT molecular complexity index is 1230. The average Bonchev–Trinajstić information content (AvgIpc) is 3.18. The number of carbonyl (C=O) groups is 3. The molecule has 7 nitrogen and oxygen atoms in total. The van der Waals surface area contributed by atoms with Gasteiger partial charge in [-0.1, -0.05) is 24.3 Å². The summed E-state index contributed by atoms with van der Waals surface area (Å²) in [7, 11) is 3.08. The smallest absolute Gasteiger partial charge is 0.257 e. The van der Waals surface area contributed by atoms with Crippen molar-refractivity contribution in [2.24, 2.45) is 0 Å². The Labute approximate surface area is 202 Å². The van der Waals surface area contributed by atoms with Gasteiger partial charge < -0.3 is 14.4 Å². The van der Waals surface area contributed by atoms with E-state index in [-0.39, 0.29) is 24.4 Å². The van der Waals surface area contributed by atoms with Gasteiger partial charge >= 0.3 is 0 Å². The van der Waals surface area contributed by atoms with Crippen LogP contribution in [0.4, 0.5) is 10.1 Å². The number of amides is 3. The summed E-state index contributed by atoms with van der Waals surface area (Å²) in [6.07, 6.45) is 0.267. The number of nitrogens with zero attached hydrogens (tertiary/aromatic N) is 2. The first-order chi connectivity index (χ1) is 16.9. The van der Waals surface area contributed by atoms with E-state index in [0.29, 0.717) is 23.6 Å². The maximum atomic E-state index is 13.5. The Balaban J connectivity index is 1.63. The zero-order valence-corrected chi connectivity index (χ0v) is 19.4. The van der Waals surface area contributed by atoms with Crippen LogP contribution in [-0.2, 0) is 16.0 Å². The van der Waals surface area contributed by atoms with Gasteiger partial charge in [-0.05, 0) is 60.5 Å². The number of anilines is 1. The molecule has 0 aromatic heterocycles. The second kappa shape index (κ2) is 10.4. The summed E-state index contributed by atoms with van der Waals surface area (Å²) in [5.74, 6) is -0.653. The summed E-state index contributed by atoms with van der Waals surface area (Å²) in [4.78, 5) is 42.1. The Morgan fingerprint density at radius 1 is 0.971 bits per heavy atom. The molecule has 1 saturated heterocycles. The predicted molar refractivity (Wildman–Crippen MR) is 128 cm³/mol. The summed E-state index contributed by atoms with van der Waals surface area (Å²) in [6.45, 7) is 0.165. The van der Waals surface area contributed by atoms with E-state index in [2.05, 4.69) is 0 Å². The predicted octanol–water partition coefficient (Wildman–Crippen LogP) is 3.86. The summed E-state index contributed by atoms with van der Waals surface area (Å²) < 4.78 is 24.1. The van der Waals surface area contributed by atoms with Gasteiger partial charge in [0.2, 0.25) is 5.91 Å². The Hall–Kier alpha value is -4.20. The van der Waals surface area contributed by atoms with Crippen molar-refractivity contribution in [1.82, 2.24) is 4.90 Å². The van der Waals surface area contributed by atoms with E-state index in [1.54, 1.807) is 49.6 Å². The van der Waals surface area contributed by atoms with Crippen molar-refractivity contribution in [3.05, 3.63) is 89.7 Å². The molecule has 1 aliphatic heterocycles. The number of hydrogen-bond donors (Lipinski definition) is 0. The Morgan fingerprint density at radius 2 is 1.66 bits per heavy atom. The monoisotopic (exact) mass is 476 g/mol. The summed E-state index contributed by atoms with van der Waals surface area (Å²) >= 11 is 0. The molecule has 3 amide bonds. The van der Waals surface area contributed by atoms with Crippen molar-refractivity contribution in [2.45, 2.75) is 18.9 Å². The Kier molecular flexibility index (Phi) is 7.10. The molecule has 180 valence electrons. The maximum Gasteiger partial charge on any atom is 0.257 e. The second-order valence-electron chi connectivity index (χ2n) is 8.07. The fourth-order valence-corrected chi connectivity index (χ4v) is 4.15. The van der Waals surface area contributed by atoms with Crippen LogP contribution in [0.5, 0.6) is 11.5 Å². The first kappa shape index (κ1) is 23.9. The minimum Gasteiger partial charge on any atom is -0.493 e. The van der Waals surface area contributed by atoms with Gasteiger partial charge in [-0.2, -0.15) is 0 Å². The van der Waals surface area contributed by atoms with Crippen LogP contribution < -0.4 is 14.4 Å². The van der Waals surface area contributed by atoms with Gasteiger partial charge in [0, 0.05) is 12.1 Å². The van der Waals surface area contributed by atoms with Gasteiger partial charge in [0.15, 0.2) is 11.5 Å². The van der Waals surface area contributed by atoms with Crippen molar-refractivity contribution < 1.29 is 28.2 Å². The van der Waals surface area contributed by atoms with Gasteiger partial charge in [-0.3, -0.25) is 14.4 Å². The van der Waals surface area contributed by atoms with Gasteiger partial charge in [-0.15, -0.1) is 0 Å². The summed E-state index contributed by atoms with van der Waals surface area (Å²) in [5, 5.41) is 0. The van der Waals surface area contributed by atoms with Gasteiger partial charge in [0.05, 0.1) is 26.3 Å². The van der Waals surface area contributed by atoms with Gasteiger partial charge in [0.1, 0.15) is 11.9 Å². The molecule has 4 rings (SSSR count). The highest BCUT2D eigenvalue weighted by molar-refractivity contribution is 6.23. The third-order valence-corrected chi connectivity index (χ3v) is 5.95. The summed E-state index contributed by atoms with van der Waals surface area (Å²) in [6, 6.07) is 18.2. The van der Waals surface area contributed by atoms with Crippen molar-refractivity contribution >= 4 is 23.4 Å². The van der Waals surface area contributed by atoms with Crippen LogP contribution in [0.3, 0.4) is 0 Å². The van der Waals surface area contributed by atoms with Gasteiger partial charge in [0.25, 0.3) is 11.8 Å². The van der Waals surface area contributed by atoms with E-state index in [1.807, 2.05) is 6.07 Å². The fraction of sp³-hybridized carbons (Fsp3) is 0.222. The van der Waals surface area contributed by atoms with E-state index < -0.39 is 23.7 Å². The van der Waals surface area contributed by atoms with Crippen LogP contribution in [0.1, 0.15) is 22.3 Å². The lowest BCUT2D eigenvalue weighted by molar-refractivity contribution is -0.122. The molecule has 0 bridgehead atoms. The largest absolute Gasteiger partial charge is 0.493 e. The number of rotatable bonds is 8. The van der Waals surface area contributed by atoms with Gasteiger partial charge in [-0.25, -0.2) is 9.29 Å². The highest BCUT2D eigenvalue weighted by atomic mass is 19.1. The molecule has 0 aliphatic carbocycles. The number of methoxy groups -OCH3 is 2.